The van der Waals surface area contributed by atoms with E-state index in [-0.39, 0.29) is 0 Å². The smallest absolute Gasteiger partial charge is 0.224 e. The number of hydrogen-bond acceptors (Lipinski definition) is 3. The minimum Gasteiger partial charge on any atom is -0.338 e. The molecule has 0 saturated carbocycles. The Labute approximate surface area is 106 Å². The van der Waals surface area contributed by atoms with Crippen molar-refractivity contribution in [3.63, 3.8) is 0 Å². The lowest BCUT2D eigenvalue weighted by atomic mass is 10.1. The number of nitrogens with zero attached hydrogens (tertiary/aromatic N) is 1. The Bertz CT molecular complexity index is 404. The summed E-state index contributed by atoms with van der Waals surface area (Å²) in [5, 5.41) is 5.74. The van der Waals surface area contributed by atoms with Gasteiger partial charge in [0.25, 0.3) is 0 Å². The zero-order chi connectivity index (χ0) is 11.8. The van der Waals surface area contributed by atoms with Gasteiger partial charge in [-0.2, -0.15) is 0 Å². The van der Waals surface area contributed by atoms with Gasteiger partial charge in [-0.3, -0.25) is 4.79 Å². The molecule has 0 bridgehead atoms. The molecule has 0 aliphatic carbocycles. The molecule has 2 saturated heterocycles. The van der Waals surface area contributed by atoms with E-state index >= 15 is 0 Å². The second kappa shape index (κ2) is 4.42. The van der Waals surface area contributed by atoms with Crippen LogP contribution in [0.4, 0.5) is 0 Å². The fourth-order valence-electron chi connectivity index (χ4n) is 3.07. The number of amides is 1. The van der Waals surface area contributed by atoms with Crippen LogP contribution in [0, 0.1) is 0 Å². The van der Waals surface area contributed by atoms with Crippen molar-refractivity contribution in [2.75, 3.05) is 6.54 Å². The average molecular weight is 250 g/mol. The van der Waals surface area contributed by atoms with Crippen LogP contribution in [0.5, 0.6) is 0 Å². The van der Waals surface area contributed by atoms with Gasteiger partial charge in [0.05, 0.1) is 0 Å². The highest BCUT2D eigenvalue weighted by molar-refractivity contribution is 7.10. The van der Waals surface area contributed by atoms with E-state index in [9.17, 15) is 4.79 Å². The van der Waals surface area contributed by atoms with Gasteiger partial charge in [0.15, 0.2) is 0 Å². The topological polar surface area (TPSA) is 32.3 Å². The maximum atomic E-state index is 11.8. The second-order valence-corrected chi connectivity index (χ2v) is 5.99. The summed E-state index contributed by atoms with van der Waals surface area (Å²) in [5.74, 6) is 0.336. The van der Waals surface area contributed by atoms with Crippen LogP contribution in [0.3, 0.4) is 0 Å². The second-order valence-electron chi connectivity index (χ2n) is 5.01. The predicted octanol–water partition coefficient (Wildman–Crippen LogP) is 2.16. The van der Waals surface area contributed by atoms with Crippen molar-refractivity contribution in [2.24, 2.45) is 0 Å². The Morgan fingerprint density at radius 2 is 2.47 bits per heavy atom. The number of rotatable bonds is 3. The van der Waals surface area contributed by atoms with Gasteiger partial charge in [-0.1, -0.05) is 6.07 Å². The Morgan fingerprint density at radius 3 is 3.24 bits per heavy atom. The summed E-state index contributed by atoms with van der Waals surface area (Å²) in [7, 11) is 0. The molecule has 2 aliphatic heterocycles. The zero-order valence-corrected chi connectivity index (χ0v) is 10.9. The SMILES string of the molecule is C[C@@H](NC1CC(=O)N2CCCC12)c1cccs1. The minimum absolute atomic E-state index is 0.336. The molecule has 17 heavy (non-hydrogen) atoms. The van der Waals surface area contributed by atoms with E-state index in [1.54, 1.807) is 11.3 Å². The van der Waals surface area contributed by atoms with Crippen LogP contribution < -0.4 is 5.32 Å². The van der Waals surface area contributed by atoms with Gasteiger partial charge in [0.1, 0.15) is 0 Å². The molecule has 3 nitrogen and oxygen atoms in total. The molecule has 3 rings (SSSR count). The summed E-state index contributed by atoms with van der Waals surface area (Å²) in [6.45, 7) is 3.16. The standard InChI is InChI=1S/C13H18N2OS/c1-9(12-5-3-7-17-12)14-10-8-13(16)15-6-2-4-11(10)15/h3,5,7,9-11,14H,2,4,6,8H2,1H3/t9-,10?,11?/m1/s1. The molecule has 4 heteroatoms. The van der Waals surface area contributed by atoms with Crippen molar-refractivity contribution in [1.82, 2.24) is 10.2 Å². The van der Waals surface area contributed by atoms with E-state index in [2.05, 4.69) is 34.7 Å². The highest BCUT2D eigenvalue weighted by Gasteiger charge is 2.42. The highest BCUT2D eigenvalue weighted by atomic mass is 32.1. The number of fused-ring (bicyclic) bond motifs is 1. The molecule has 1 aromatic rings. The molecule has 1 amide bonds. The van der Waals surface area contributed by atoms with Gasteiger partial charge in [0, 0.05) is 36.0 Å². The van der Waals surface area contributed by atoms with Crippen LogP contribution >= 0.6 is 11.3 Å². The molecule has 1 aromatic heterocycles. The van der Waals surface area contributed by atoms with Gasteiger partial charge < -0.3 is 10.2 Å². The largest absolute Gasteiger partial charge is 0.338 e. The van der Waals surface area contributed by atoms with Crippen LogP contribution in [0.2, 0.25) is 0 Å². The first-order chi connectivity index (χ1) is 8.25. The molecule has 92 valence electrons. The maximum absolute atomic E-state index is 11.8. The third-order valence-corrected chi connectivity index (χ3v) is 4.97. The molecule has 2 fully saturated rings. The molecule has 2 unspecified atom stereocenters. The first-order valence-electron chi connectivity index (χ1n) is 6.34. The van der Waals surface area contributed by atoms with Gasteiger partial charge >= 0.3 is 0 Å². The van der Waals surface area contributed by atoms with Gasteiger partial charge in [-0.15, -0.1) is 11.3 Å². The van der Waals surface area contributed by atoms with Crippen LogP contribution in [0.15, 0.2) is 17.5 Å². The monoisotopic (exact) mass is 250 g/mol. The number of thiophene rings is 1. The van der Waals surface area contributed by atoms with Gasteiger partial charge in [0.2, 0.25) is 5.91 Å². The number of hydrogen-bond donors (Lipinski definition) is 1. The molecule has 0 radical (unpaired) electrons. The van der Waals surface area contributed by atoms with Crippen molar-refractivity contribution in [2.45, 2.75) is 44.3 Å². The Morgan fingerprint density at radius 1 is 1.59 bits per heavy atom. The van der Waals surface area contributed by atoms with Crippen molar-refractivity contribution in [3.05, 3.63) is 22.4 Å². The molecule has 2 aliphatic rings. The predicted molar refractivity (Wildman–Crippen MR) is 69.0 cm³/mol. The summed E-state index contributed by atoms with van der Waals surface area (Å²) in [4.78, 5) is 15.2. The summed E-state index contributed by atoms with van der Waals surface area (Å²) >= 11 is 1.78. The van der Waals surface area contributed by atoms with Crippen molar-refractivity contribution >= 4 is 17.2 Å². The molecular weight excluding hydrogens is 232 g/mol. The molecule has 3 atom stereocenters. The van der Waals surface area contributed by atoms with E-state index in [1.807, 2.05) is 0 Å². The first kappa shape index (κ1) is 11.2. The van der Waals surface area contributed by atoms with Gasteiger partial charge in [-0.25, -0.2) is 0 Å². The lowest BCUT2D eigenvalue weighted by Crippen LogP contribution is -2.40. The summed E-state index contributed by atoms with van der Waals surface area (Å²) < 4.78 is 0. The van der Waals surface area contributed by atoms with E-state index in [1.165, 1.54) is 17.7 Å². The van der Waals surface area contributed by atoms with E-state index < -0.39 is 0 Å². The van der Waals surface area contributed by atoms with Crippen molar-refractivity contribution in [3.8, 4) is 0 Å². The van der Waals surface area contributed by atoms with Crippen molar-refractivity contribution < 1.29 is 4.79 Å². The quantitative estimate of drug-likeness (QED) is 0.891. The number of nitrogens with one attached hydrogen (secondary N) is 1. The number of carbonyl (C=O) groups is 1. The molecule has 3 heterocycles. The van der Waals surface area contributed by atoms with E-state index in [0.717, 1.165) is 6.54 Å². The van der Waals surface area contributed by atoms with Crippen molar-refractivity contribution in [1.29, 1.82) is 0 Å². The molecule has 0 spiro atoms. The normalized spacial score (nSPS) is 29.7. The van der Waals surface area contributed by atoms with Gasteiger partial charge in [-0.05, 0) is 31.2 Å². The van der Waals surface area contributed by atoms with E-state index in [0.29, 0.717) is 30.5 Å². The summed E-state index contributed by atoms with van der Waals surface area (Å²) in [5.41, 5.74) is 0. The molecular formula is C13H18N2OS. The Hall–Kier alpha value is -0.870. The first-order valence-corrected chi connectivity index (χ1v) is 7.22. The lowest BCUT2D eigenvalue weighted by molar-refractivity contribution is -0.127. The fraction of sp³-hybridized carbons (Fsp3) is 0.615. The van der Waals surface area contributed by atoms with E-state index in [4.69, 9.17) is 0 Å². The fourth-order valence-corrected chi connectivity index (χ4v) is 3.82. The third kappa shape index (κ3) is 2.00. The summed E-state index contributed by atoms with van der Waals surface area (Å²) in [6, 6.07) is 5.39. The highest BCUT2D eigenvalue weighted by Crippen LogP contribution is 2.31. The van der Waals surface area contributed by atoms with Crippen LogP contribution in [0.1, 0.15) is 37.1 Å². The van der Waals surface area contributed by atoms with Crippen LogP contribution in [-0.4, -0.2) is 29.4 Å². The van der Waals surface area contributed by atoms with Crippen LogP contribution in [-0.2, 0) is 4.79 Å². The zero-order valence-electron chi connectivity index (χ0n) is 10.1. The molecule has 1 N–H and O–H groups in total. The Kier molecular flexibility index (Phi) is 2.92. The maximum Gasteiger partial charge on any atom is 0.224 e. The molecule has 0 aromatic carbocycles. The third-order valence-electron chi connectivity index (χ3n) is 3.91. The minimum atomic E-state index is 0.336. The number of carbonyl (C=O) groups excluding carboxylic acids is 1. The Balaban J connectivity index is 1.68. The summed E-state index contributed by atoms with van der Waals surface area (Å²) in [6.07, 6.45) is 3.02. The average Bonchev–Trinajstić information content (AvgIpc) is 3.00. The lowest BCUT2D eigenvalue weighted by Gasteiger charge is -2.24. The van der Waals surface area contributed by atoms with Crippen LogP contribution in [0.25, 0.3) is 0 Å².